The molecule has 2 N–H and O–H groups in total. The van der Waals surface area contributed by atoms with Crippen LogP contribution < -0.4 is 5.32 Å². The molecule has 1 aromatic rings. The fourth-order valence-electron chi connectivity index (χ4n) is 2.68. The van der Waals surface area contributed by atoms with Crippen LogP contribution in [-0.2, 0) is 6.54 Å². The third-order valence-electron chi connectivity index (χ3n) is 3.98. The summed E-state index contributed by atoms with van der Waals surface area (Å²) >= 11 is 5.98. The van der Waals surface area contributed by atoms with Gasteiger partial charge in [-0.3, -0.25) is 4.90 Å². The Morgan fingerprint density at radius 1 is 1.37 bits per heavy atom. The van der Waals surface area contributed by atoms with Gasteiger partial charge in [-0.15, -0.1) is 0 Å². The Balaban J connectivity index is 2.07. The van der Waals surface area contributed by atoms with Gasteiger partial charge in [-0.1, -0.05) is 31.5 Å². The topological polar surface area (TPSA) is 35.5 Å². The molecule has 0 spiro atoms. The zero-order chi connectivity index (χ0) is 13.8. The number of rotatable bonds is 4. The normalized spacial score (nSPS) is 24.6. The fourth-order valence-corrected chi connectivity index (χ4v) is 2.88. The van der Waals surface area contributed by atoms with Crippen LogP contribution in [0.5, 0.6) is 5.75 Å². The van der Waals surface area contributed by atoms with Crippen LogP contribution >= 0.6 is 11.6 Å². The third kappa shape index (κ3) is 3.62. The van der Waals surface area contributed by atoms with Gasteiger partial charge in [0, 0.05) is 31.7 Å². The molecule has 2 atom stereocenters. The predicted octanol–water partition coefficient (Wildman–Crippen LogP) is 3.01. The number of halogens is 1. The molecule has 1 aromatic carbocycles. The number of aromatic hydroxyl groups is 1. The lowest BCUT2D eigenvalue weighted by Crippen LogP contribution is -2.55. The highest BCUT2D eigenvalue weighted by Gasteiger charge is 2.25. The molecule has 19 heavy (non-hydrogen) atoms. The maximum atomic E-state index is 9.47. The van der Waals surface area contributed by atoms with E-state index in [-0.39, 0.29) is 5.75 Å². The van der Waals surface area contributed by atoms with Crippen molar-refractivity contribution in [1.29, 1.82) is 0 Å². The van der Waals surface area contributed by atoms with E-state index in [2.05, 4.69) is 24.1 Å². The van der Waals surface area contributed by atoms with Gasteiger partial charge in [0.15, 0.2) is 0 Å². The Morgan fingerprint density at radius 2 is 2.16 bits per heavy atom. The number of nitrogens with one attached hydrogen (secondary N) is 1. The first-order valence-corrected chi connectivity index (χ1v) is 7.46. The van der Waals surface area contributed by atoms with E-state index in [9.17, 15) is 5.11 Å². The Kier molecular flexibility index (Phi) is 5.08. The average Bonchev–Trinajstić information content (AvgIpc) is 2.43. The predicted molar refractivity (Wildman–Crippen MR) is 79.7 cm³/mol. The quantitative estimate of drug-likeness (QED) is 0.891. The van der Waals surface area contributed by atoms with Gasteiger partial charge in [0.25, 0.3) is 0 Å². The van der Waals surface area contributed by atoms with Crippen LogP contribution in [0.2, 0.25) is 5.02 Å². The second kappa shape index (κ2) is 6.60. The number of hydrogen-bond donors (Lipinski definition) is 2. The third-order valence-corrected chi connectivity index (χ3v) is 4.28. The molecule has 2 unspecified atom stereocenters. The summed E-state index contributed by atoms with van der Waals surface area (Å²) < 4.78 is 0. The number of phenols is 1. The molecule has 1 saturated heterocycles. The van der Waals surface area contributed by atoms with E-state index in [1.807, 2.05) is 12.1 Å². The summed E-state index contributed by atoms with van der Waals surface area (Å²) in [7, 11) is 0. The van der Waals surface area contributed by atoms with Gasteiger partial charge < -0.3 is 10.4 Å². The van der Waals surface area contributed by atoms with Crippen molar-refractivity contribution in [2.24, 2.45) is 0 Å². The van der Waals surface area contributed by atoms with Gasteiger partial charge in [-0.05, 0) is 30.5 Å². The molecule has 0 radical (unpaired) electrons. The first-order valence-electron chi connectivity index (χ1n) is 7.08. The van der Waals surface area contributed by atoms with Crippen LogP contribution in [0.4, 0.5) is 0 Å². The second-order valence-corrected chi connectivity index (χ2v) is 5.70. The SMILES string of the molecule is CCC1CN(Cc2ccc(O)c(Cl)c2)C(CC)CN1. The van der Waals surface area contributed by atoms with Crippen molar-refractivity contribution >= 4 is 11.6 Å². The second-order valence-electron chi connectivity index (χ2n) is 5.29. The molecule has 1 fully saturated rings. The van der Waals surface area contributed by atoms with Crippen LogP contribution in [0.1, 0.15) is 32.3 Å². The Labute approximate surface area is 120 Å². The molecule has 0 aromatic heterocycles. The molecule has 1 heterocycles. The number of nitrogens with zero attached hydrogens (tertiary/aromatic N) is 1. The van der Waals surface area contributed by atoms with Crippen LogP contribution in [0.15, 0.2) is 18.2 Å². The fraction of sp³-hybridized carbons (Fsp3) is 0.600. The molecule has 0 saturated carbocycles. The lowest BCUT2D eigenvalue weighted by Gasteiger charge is -2.40. The van der Waals surface area contributed by atoms with Crippen LogP contribution in [0, 0.1) is 0 Å². The van der Waals surface area contributed by atoms with Gasteiger partial charge in [-0.2, -0.15) is 0 Å². The molecule has 4 heteroatoms. The Morgan fingerprint density at radius 3 is 2.79 bits per heavy atom. The molecular formula is C15H23ClN2O. The smallest absolute Gasteiger partial charge is 0.134 e. The summed E-state index contributed by atoms with van der Waals surface area (Å²) in [5.41, 5.74) is 1.16. The summed E-state index contributed by atoms with van der Waals surface area (Å²) in [6.07, 6.45) is 2.30. The molecule has 0 bridgehead atoms. The number of phenolic OH excluding ortho intramolecular Hbond substituents is 1. The van der Waals surface area contributed by atoms with E-state index in [0.717, 1.165) is 38.0 Å². The molecule has 1 aliphatic rings. The Bertz CT molecular complexity index is 425. The maximum Gasteiger partial charge on any atom is 0.134 e. The van der Waals surface area contributed by atoms with Gasteiger partial charge in [0.05, 0.1) is 5.02 Å². The van der Waals surface area contributed by atoms with E-state index >= 15 is 0 Å². The maximum absolute atomic E-state index is 9.47. The molecule has 106 valence electrons. The van der Waals surface area contributed by atoms with E-state index in [1.165, 1.54) is 0 Å². The zero-order valence-electron chi connectivity index (χ0n) is 11.7. The van der Waals surface area contributed by atoms with E-state index < -0.39 is 0 Å². The summed E-state index contributed by atoms with van der Waals surface area (Å²) in [6, 6.07) is 6.66. The van der Waals surface area contributed by atoms with Crippen molar-refractivity contribution in [3.63, 3.8) is 0 Å². The van der Waals surface area contributed by atoms with E-state index in [1.54, 1.807) is 6.07 Å². The van der Waals surface area contributed by atoms with Crippen molar-refractivity contribution in [1.82, 2.24) is 10.2 Å². The molecule has 1 aliphatic heterocycles. The summed E-state index contributed by atoms with van der Waals surface area (Å²) in [6.45, 7) is 7.49. The average molecular weight is 283 g/mol. The summed E-state index contributed by atoms with van der Waals surface area (Å²) in [5, 5.41) is 13.5. The summed E-state index contributed by atoms with van der Waals surface area (Å²) in [4.78, 5) is 2.52. The van der Waals surface area contributed by atoms with Gasteiger partial charge in [0.1, 0.15) is 5.75 Å². The number of piperazine rings is 1. The van der Waals surface area contributed by atoms with Gasteiger partial charge >= 0.3 is 0 Å². The minimum absolute atomic E-state index is 0.157. The lowest BCUT2D eigenvalue weighted by molar-refractivity contribution is 0.117. The molecule has 0 amide bonds. The van der Waals surface area contributed by atoms with E-state index in [4.69, 9.17) is 11.6 Å². The summed E-state index contributed by atoms with van der Waals surface area (Å²) in [5.74, 6) is 0.157. The van der Waals surface area contributed by atoms with Crippen molar-refractivity contribution in [2.45, 2.75) is 45.3 Å². The minimum Gasteiger partial charge on any atom is -0.506 e. The lowest BCUT2D eigenvalue weighted by atomic mass is 10.0. The van der Waals surface area contributed by atoms with Crippen molar-refractivity contribution in [3.05, 3.63) is 28.8 Å². The largest absolute Gasteiger partial charge is 0.506 e. The van der Waals surface area contributed by atoms with Crippen LogP contribution in [0.3, 0.4) is 0 Å². The van der Waals surface area contributed by atoms with Crippen LogP contribution in [0.25, 0.3) is 0 Å². The zero-order valence-corrected chi connectivity index (χ0v) is 12.5. The first kappa shape index (κ1) is 14.6. The molecule has 3 nitrogen and oxygen atoms in total. The number of hydrogen-bond acceptors (Lipinski definition) is 3. The van der Waals surface area contributed by atoms with E-state index in [0.29, 0.717) is 17.1 Å². The molecular weight excluding hydrogens is 260 g/mol. The van der Waals surface area contributed by atoms with Crippen LogP contribution in [-0.4, -0.2) is 35.2 Å². The highest BCUT2D eigenvalue weighted by atomic mass is 35.5. The minimum atomic E-state index is 0.157. The standard InChI is InChI=1S/C15H23ClN2O/c1-3-12-10-18(13(4-2)8-17-12)9-11-5-6-15(19)14(16)7-11/h5-7,12-13,17,19H,3-4,8-10H2,1-2H3. The highest BCUT2D eigenvalue weighted by Crippen LogP contribution is 2.25. The van der Waals surface area contributed by atoms with Gasteiger partial charge in [-0.25, -0.2) is 0 Å². The highest BCUT2D eigenvalue weighted by molar-refractivity contribution is 6.32. The number of benzene rings is 1. The molecule has 2 rings (SSSR count). The monoisotopic (exact) mass is 282 g/mol. The Hall–Kier alpha value is -0.770. The van der Waals surface area contributed by atoms with Crippen molar-refractivity contribution in [3.8, 4) is 5.75 Å². The first-order chi connectivity index (χ1) is 9.13. The van der Waals surface area contributed by atoms with Gasteiger partial charge in [0.2, 0.25) is 0 Å². The van der Waals surface area contributed by atoms with Crippen molar-refractivity contribution < 1.29 is 5.11 Å². The van der Waals surface area contributed by atoms with Crippen molar-refractivity contribution in [2.75, 3.05) is 13.1 Å². The molecule has 0 aliphatic carbocycles.